The molecule has 0 spiro atoms. The predicted molar refractivity (Wildman–Crippen MR) is 74.7 cm³/mol. The average molecular weight is 283 g/mol. The number of aromatic nitrogens is 1. The molecule has 0 radical (unpaired) electrons. The van der Waals surface area contributed by atoms with Crippen molar-refractivity contribution in [2.24, 2.45) is 0 Å². The molecule has 0 fully saturated rings. The summed E-state index contributed by atoms with van der Waals surface area (Å²) in [5, 5.41) is 0.630. The number of hydrogen-bond acceptors (Lipinski definition) is 3. The highest BCUT2D eigenvalue weighted by atomic mass is 19.4. The quantitative estimate of drug-likeness (QED) is 0.875. The summed E-state index contributed by atoms with van der Waals surface area (Å²) >= 11 is 0. The van der Waals surface area contributed by atoms with E-state index in [1.165, 1.54) is 4.90 Å². The Morgan fingerprint density at radius 2 is 1.95 bits per heavy atom. The average Bonchev–Trinajstić information content (AvgIpc) is 2.36. The van der Waals surface area contributed by atoms with Crippen molar-refractivity contribution in [3.05, 3.63) is 30.5 Å². The van der Waals surface area contributed by atoms with E-state index in [0.29, 0.717) is 22.3 Å². The van der Waals surface area contributed by atoms with Gasteiger partial charge in [-0.2, -0.15) is 13.2 Å². The monoisotopic (exact) mass is 283 g/mol. The molecular weight excluding hydrogens is 267 g/mol. The van der Waals surface area contributed by atoms with E-state index < -0.39 is 12.7 Å². The molecule has 1 heterocycles. The fourth-order valence-electron chi connectivity index (χ4n) is 2.17. The van der Waals surface area contributed by atoms with Crippen LogP contribution in [-0.4, -0.2) is 23.7 Å². The first kappa shape index (κ1) is 14.4. The number of benzene rings is 1. The molecule has 0 saturated carbocycles. The standard InChI is InChI=1S/C14H16F3N3/c1-9(2)20(8-14(15,16)17)12-6-5-11(18)13-10(12)4-3-7-19-13/h3-7,9H,8,18H2,1-2H3. The molecule has 20 heavy (non-hydrogen) atoms. The topological polar surface area (TPSA) is 42.1 Å². The zero-order valence-corrected chi connectivity index (χ0v) is 11.3. The lowest BCUT2D eigenvalue weighted by molar-refractivity contribution is -0.120. The third-order valence-electron chi connectivity index (χ3n) is 3.06. The molecule has 3 nitrogen and oxygen atoms in total. The first-order chi connectivity index (χ1) is 9.29. The van der Waals surface area contributed by atoms with Gasteiger partial charge in [-0.25, -0.2) is 0 Å². The van der Waals surface area contributed by atoms with Crippen LogP contribution in [0.2, 0.25) is 0 Å². The smallest absolute Gasteiger partial charge is 0.397 e. The van der Waals surface area contributed by atoms with Gasteiger partial charge in [0.05, 0.1) is 11.2 Å². The molecule has 1 aromatic heterocycles. The Kier molecular flexibility index (Phi) is 3.74. The largest absolute Gasteiger partial charge is 0.405 e. The van der Waals surface area contributed by atoms with Crippen LogP contribution in [-0.2, 0) is 0 Å². The highest BCUT2D eigenvalue weighted by Gasteiger charge is 2.32. The van der Waals surface area contributed by atoms with Crippen LogP contribution in [0.4, 0.5) is 24.5 Å². The fourth-order valence-corrected chi connectivity index (χ4v) is 2.17. The van der Waals surface area contributed by atoms with E-state index in [-0.39, 0.29) is 6.04 Å². The lowest BCUT2D eigenvalue weighted by Crippen LogP contribution is -2.39. The van der Waals surface area contributed by atoms with Crippen LogP contribution in [0.25, 0.3) is 10.9 Å². The van der Waals surface area contributed by atoms with Crippen LogP contribution in [0.3, 0.4) is 0 Å². The minimum absolute atomic E-state index is 0.288. The SMILES string of the molecule is CC(C)N(CC(F)(F)F)c1ccc(N)c2ncccc12. The molecule has 0 aliphatic heterocycles. The lowest BCUT2D eigenvalue weighted by Gasteiger charge is -2.31. The van der Waals surface area contributed by atoms with Crippen molar-refractivity contribution in [2.45, 2.75) is 26.1 Å². The Morgan fingerprint density at radius 1 is 1.25 bits per heavy atom. The summed E-state index contributed by atoms with van der Waals surface area (Å²) < 4.78 is 38.2. The van der Waals surface area contributed by atoms with Gasteiger partial charge in [0.2, 0.25) is 0 Å². The number of pyridine rings is 1. The molecule has 0 atom stereocenters. The van der Waals surface area contributed by atoms with Crippen molar-refractivity contribution in [3.63, 3.8) is 0 Å². The number of alkyl halides is 3. The van der Waals surface area contributed by atoms with Crippen LogP contribution < -0.4 is 10.6 Å². The number of nitrogens with zero attached hydrogens (tertiary/aromatic N) is 2. The summed E-state index contributed by atoms with van der Waals surface area (Å²) in [6.45, 7) is 2.45. The first-order valence-corrected chi connectivity index (χ1v) is 6.26. The second-order valence-electron chi connectivity index (χ2n) is 4.91. The Bertz CT molecular complexity index is 608. The number of nitrogens with two attached hydrogens (primary N) is 1. The van der Waals surface area contributed by atoms with Crippen LogP contribution in [0.15, 0.2) is 30.5 Å². The Labute approximate surface area is 115 Å². The molecule has 0 amide bonds. The van der Waals surface area contributed by atoms with Gasteiger partial charge in [-0.1, -0.05) is 0 Å². The molecule has 2 N–H and O–H groups in total. The predicted octanol–water partition coefficient (Wildman–Crippen LogP) is 3.59. The maximum Gasteiger partial charge on any atom is 0.405 e. The normalized spacial score (nSPS) is 12.1. The van der Waals surface area contributed by atoms with Crippen molar-refractivity contribution in [1.29, 1.82) is 0 Å². The Hall–Kier alpha value is -1.98. The van der Waals surface area contributed by atoms with Gasteiger partial charge in [-0.05, 0) is 38.1 Å². The van der Waals surface area contributed by atoms with Crippen molar-refractivity contribution in [2.75, 3.05) is 17.2 Å². The van der Waals surface area contributed by atoms with Gasteiger partial charge in [0.15, 0.2) is 0 Å². The molecule has 0 saturated heterocycles. The third-order valence-corrected chi connectivity index (χ3v) is 3.06. The number of nitrogen functional groups attached to an aromatic ring is 1. The zero-order chi connectivity index (χ0) is 14.9. The minimum atomic E-state index is -4.26. The van der Waals surface area contributed by atoms with E-state index in [0.717, 1.165) is 0 Å². The molecule has 0 bridgehead atoms. The maximum atomic E-state index is 12.7. The second kappa shape index (κ2) is 5.19. The molecular formula is C14H16F3N3. The minimum Gasteiger partial charge on any atom is -0.397 e. The number of halogens is 3. The van der Waals surface area contributed by atoms with E-state index in [2.05, 4.69) is 4.98 Å². The van der Waals surface area contributed by atoms with Crippen molar-refractivity contribution in [3.8, 4) is 0 Å². The van der Waals surface area contributed by atoms with Gasteiger partial charge in [-0.3, -0.25) is 4.98 Å². The highest BCUT2D eigenvalue weighted by Crippen LogP contribution is 2.32. The van der Waals surface area contributed by atoms with Gasteiger partial charge in [0.1, 0.15) is 6.54 Å². The van der Waals surface area contributed by atoms with E-state index in [1.807, 2.05) is 0 Å². The van der Waals surface area contributed by atoms with Crippen LogP contribution >= 0.6 is 0 Å². The van der Waals surface area contributed by atoms with Gasteiger partial charge in [0, 0.05) is 23.3 Å². The summed E-state index contributed by atoms with van der Waals surface area (Å²) in [4.78, 5) is 5.46. The van der Waals surface area contributed by atoms with E-state index in [4.69, 9.17) is 5.73 Å². The van der Waals surface area contributed by atoms with E-state index in [9.17, 15) is 13.2 Å². The van der Waals surface area contributed by atoms with Gasteiger partial charge < -0.3 is 10.6 Å². The molecule has 108 valence electrons. The van der Waals surface area contributed by atoms with Crippen LogP contribution in [0, 0.1) is 0 Å². The molecule has 0 aliphatic rings. The fraction of sp³-hybridized carbons (Fsp3) is 0.357. The second-order valence-corrected chi connectivity index (χ2v) is 4.91. The summed E-state index contributed by atoms with van der Waals surface area (Å²) in [5.41, 5.74) is 7.30. The number of anilines is 2. The molecule has 0 aliphatic carbocycles. The highest BCUT2D eigenvalue weighted by molar-refractivity contribution is 5.98. The van der Waals surface area contributed by atoms with E-state index in [1.54, 1.807) is 44.3 Å². The Balaban J connectivity index is 2.57. The molecule has 2 rings (SSSR count). The van der Waals surface area contributed by atoms with Crippen LogP contribution in [0.1, 0.15) is 13.8 Å². The van der Waals surface area contributed by atoms with Gasteiger partial charge in [0.25, 0.3) is 0 Å². The van der Waals surface area contributed by atoms with E-state index >= 15 is 0 Å². The zero-order valence-electron chi connectivity index (χ0n) is 11.3. The third kappa shape index (κ3) is 2.95. The Morgan fingerprint density at radius 3 is 2.55 bits per heavy atom. The number of rotatable bonds is 3. The summed E-state index contributed by atoms with van der Waals surface area (Å²) in [5.74, 6) is 0. The van der Waals surface area contributed by atoms with Crippen LogP contribution in [0.5, 0.6) is 0 Å². The number of hydrogen-bond donors (Lipinski definition) is 1. The molecule has 0 unspecified atom stereocenters. The summed E-state index contributed by atoms with van der Waals surface area (Å²) in [7, 11) is 0. The molecule has 1 aromatic carbocycles. The van der Waals surface area contributed by atoms with Gasteiger partial charge >= 0.3 is 6.18 Å². The van der Waals surface area contributed by atoms with Crippen molar-refractivity contribution in [1.82, 2.24) is 4.98 Å². The molecule has 2 aromatic rings. The molecule has 6 heteroatoms. The number of fused-ring (bicyclic) bond motifs is 1. The first-order valence-electron chi connectivity index (χ1n) is 6.26. The maximum absolute atomic E-state index is 12.7. The lowest BCUT2D eigenvalue weighted by atomic mass is 10.1. The van der Waals surface area contributed by atoms with Gasteiger partial charge in [-0.15, -0.1) is 0 Å². The summed E-state index contributed by atoms with van der Waals surface area (Å²) in [6, 6.07) is 6.35. The van der Waals surface area contributed by atoms with Crippen molar-refractivity contribution >= 4 is 22.3 Å². The summed E-state index contributed by atoms with van der Waals surface area (Å²) in [6.07, 6.45) is -2.69. The van der Waals surface area contributed by atoms with Crippen molar-refractivity contribution < 1.29 is 13.2 Å².